The van der Waals surface area contributed by atoms with Gasteiger partial charge >= 0.3 is 0 Å². The number of carbonyl (C=O) groups is 1. The molecule has 0 heterocycles. The van der Waals surface area contributed by atoms with Crippen molar-refractivity contribution in [2.24, 2.45) is 4.99 Å². The van der Waals surface area contributed by atoms with Crippen molar-refractivity contribution in [2.45, 2.75) is 18.4 Å². The summed E-state index contributed by atoms with van der Waals surface area (Å²) in [5.74, 6) is 0.645. The first-order valence-corrected chi connectivity index (χ1v) is 9.77. The van der Waals surface area contributed by atoms with Gasteiger partial charge in [-0.05, 0) is 42.5 Å². The van der Waals surface area contributed by atoms with E-state index in [4.69, 9.17) is 0 Å². The van der Waals surface area contributed by atoms with Crippen LogP contribution in [0.2, 0.25) is 0 Å². The predicted molar refractivity (Wildman–Crippen MR) is 125 cm³/mol. The third-order valence-electron chi connectivity index (χ3n) is 3.85. The Morgan fingerprint density at radius 2 is 1.74 bits per heavy atom. The third-order valence-corrected chi connectivity index (χ3v) is 4.67. The van der Waals surface area contributed by atoms with Gasteiger partial charge in [-0.3, -0.25) is 9.79 Å². The van der Waals surface area contributed by atoms with Gasteiger partial charge in [0.15, 0.2) is 5.96 Å². The minimum absolute atomic E-state index is 0. The van der Waals surface area contributed by atoms with Crippen LogP contribution < -0.4 is 16.0 Å². The molecule has 3 N–H and O–H groups in total. The Hall–Kier alpha value is -1.74. The monoisotopic (exact) mass is 498 g/mol. The van der Waals surface area contributed by atoms with Gasteiger partial charge in [-0.2, -0.15) is 0 Å². The maximum atomic E-state index is 12.0. The number of benzene rings is 2. The second-order valence-electron chi connectivity index (χ2n) is 5.79. The number of rotatable bonds is 7. The number of carbonyl (C=O) groups excluding carboxylic acids is 1. The fourth-order valence-electron chi connectivity index (χ4n) is 2.45. The normalized spacial score (nSPS) is 10.7. The van der Waals surface area contributed by atoms with E-state index < -0.39 is 0 Å². The molecule has 7 heteroatoms. The lowest BCUT2D eigenvalue weighted by atomic mass is 10.1. The molecule has 1 amide bonds. The van der Waals surface area contributed by atoms with Crippen molar-refractivity contribution in [2.75, 3.05) is 26.4 Å². The number of aliphatic imine (C=N–C) groups is 1. The second kappa shape index (κ2) is 12.6. The predicted octanol–water partition coefficient (Wildman–Crippen LogP) is 3.43. The molecule has 0 unspecified atom stereocenters. The molecule has 0 radical (unpaired) electrons. The number of hydrogen-bond acceptors (Lipinski definition) is 3. The fourth-order valence-corrected chi connectivity index (χ4v) is 3.15. The van der Waals surface area contributed by atoms with Crippen LogP contribution in [0.5, 0.6) is 0 Å². The average molecular weight is 498 g/mol. The molecule has 0 saturated heterocycles. The fraction of sp³-hybridized carbons (Fsp3) is 0.300. The summed E-state index contributed by atoms with van der Waals surface area (Å²) < 4.78 is 0. The SMILES string of the molecule is CN=C(NCCNC(=O)c1ccccc1)NCc1ccc(C)cc1SC.I. The number of nitrogens with one attached hydrogen (secondary N) is 3. The van der Waals surface area contributed by atoms with Crippen molar-refractivity contribution in [3.63, 3.8) is 0 Å². The summed E-state index contributed by atoms with van der Waals surface area (Å²) in [4.78, 5) is 17.5. The quantitative estimate of drug-likeness (QED) is 0.180. The molecule has 0 aliphatic heterocycles. The molecule has 0 saturated carbocycles. The summed E-state index contributed by atoms with van der Waals surface area (Å²) in [6.45, 7) is 3.92. The van der Waals surface area contributed by atoms with Gasteiger partial charge in [0.25, 0.3) is 5.91 Å². The Kier molecular flexibility index (Phi) is 10.9. The Balaban J connectivity index is 0.00000364. The lowest BCUT2D eigenvalue weighted by Crippen LogP contribution is -2.41. The van der Waals surface area contributed by atoms with Crippen molar-refractivity contribution in [3.8, 4) is 0 Å². The zero-order valence-corrected chi connectivity index (χ0v) is 19.1. The highest BCUT2D eigenvalue weighted by Gasteiger charge is 2.05. The van der Waals surface area contributed by atoms with Crippen molar-refractivity contribution < 1.29 is 4.79 Å². The van der Waals surface area contributed by atoms with Crippen molar-refractivity contribution in [3.05, 3.63) is 65.2 Å². The molecule has 0 fully saturated rings. The van der Waals surface area contributed by atoms with E-state index in [0.29, 0.717) is 31.2 Å². The molecule has 0 spiro atoms. The highest BCUT2D eigenvalue weighted by molar-refractivity contribution is 14.0. The maximum absolute atomic E-state index is 12.0. The van der Waals surface area contributed by atoms with E-state index in [1.807, 2.05) is 18.2 Å². The highest BCUT2D eigenvalue weighted by Crippen LogP contribution is 2.21. The van der Waals surface area contributed by atoms with Gasteiger partial charge in [-0.1, -0.05) is 30.3 Å². The van der Waals surface area contributed by atoms with Gasteiger partial charge in [0, 0.05) is 37.1 Å². The summed E-state index contributed by atoms with van der Waals surface area (Å²) in [6, 6.07) is 15.6. The molecule has 2 rings (SSSR count). The van der Waals surface area contributed by atoms with Gasteiger partial charge in [0.2, 0.25) is 0 Å². The average Bonchev–Trinajstić information content (AvgIpc) is 2.68. The smallest absolute Gasteiger partial charge is 0.251 e. The van der Waals surface area contributed by atoms with E-state index in [0.717, 1.165) is 0 Å². The van der Waals surface area contributed by atoms with Crippen LogP contribution in [-0.2, 0) is 6.54 Å². The number of halogens is 1. The van der Waals surface area contributed by atoms with Gasteiger partial charge in [0.1, 0.15) is 0 Å². The summed E-state index contributed by atoms with van der Waals surface area (Å²) in [7, 11) is 1.74. The molecule has 0 aliphatic carbocycles. The summed E-state index contributed by atoms with van der Waals surface area (Å²) in [5, 5.41) is 9.41. The molecule has 0 bridgehead atoms. The molecule has 0 aliphatic rings. The van der Waals surface area contributed by atoms with E-state index in [2.05, 4.69) is 52.3 Å². The number of guanidine groups is 1. The lowest BCUT2D eigenvalue weighted by molar-refractivity contribution is 0.0954. The van der Waals surface area contributed by atoms with Crippen LogP contribution in [0.15, 0.2) is 58.4 Å². The number of amides is 1. The Morgan fingerprint density at radius 1 is 1.04 bits per heavy atom. The molecule has 5 nitrogen and oxygen atoms in total. The largest absolute Gasteiger partial charge is 0.355 e. The van der Waals surface area contributed by atoms with Crippen molar-refractivity contribution in [1.82, 2.24) is 16.0 Å². The Labute approximate surface area is 182 Å². The van der Waals surface area contributed by atoms with Gasteiger partial charge in [0.05, 0.1) is 0 Å². The van der Waals surface area contributed by atoms with Crippen LogP contribution in [0.1, 0.15) is 21.5 Å². The zero-order chi connectivity index (χ0) is 18.8. The molecule has 2 aromatic rings. The van der Waals surface area contributed by atoms with Gasteiger partial charge in [-0.25, -0.2) is 0 Å². The van der Waals surface area contributed by atoms with E-state index in [1.54, 1.807) is 30.9 Å². The summed E-state index contributed by atoms with van der Waals surface area (Å²) in [6.07, 6.45) is 2.08. The second-order valence-corrected chi connectivity index (χ2v) is 6.64. The lowest BCUT2D eigenvalue weighted by Gasteiger charge is -2.14. The van der Waals surface area contributed by atoms with E-state index in [1.165, 1.54) is 16.0 Å². The number of nitrogens with zero attached hydrogens (tertiary/aromatic N) is 1. The van der Waals surface area contributed by atoms with Crippen LogP contribution in [0.4, 0.5) is 0 Å². The molecule has 2 aromatic carbocycles. The molecule has 27 heavy (non-hydrogen) atoms. The molecule has 146 valence electrons. The standard InChI is InChI=1S/C20H26N4OS.HI/c1-15-9-10-17(18(13-15)26-3)14-24-20(21-2)23-12-11-22-19(25)16-7-5-4-6-8-16;/h4-10,13H,11-12,14H2,1-3H3,(H,22,25)(H2,21,23,24);1H. The first-order chi connectivity index (χ1) is 12.6. The maximum Gasteiger partial charge on any atom is 0.251 e. The van der Waals surface area contributed by atoms with E-state index in [9.17, 15) is 4.79 Å². The Bertz CT molecular complexity index is 753. The first-order valence-electron chi connectivity index (χ1n) is 8.55. The van der Waals surface area contributed by atoms with E-state index >= 15 is 0 Å². The number of aryl methyl sites for hydroxylation is 1. The van der Waals surface area contributed by atoms with E-state index in [-0.39, 0.29) is 29.9 Å². The van der Waals surface area contributed by atoms with Crippen LogP contribution >= 0.6 is 35.7 Å². The van der Waals surface area contributed by atoms with Crippen LogP contribution in [0.25, 0.3) is 0 Å². The molecular formula is C20H27IN4OS. The summed E-state index contributed by atoms with van der Waals surface area (Å²) in [5.41, 5.74) is 3.16. The van der Waals surface area contributed by atoms with Gasteiger partial charge in [-0.15, -0.1) is 35.7 Å². The minimum atomic E-state index is -0.0698. The molecule has 0 atom stereocenters. The van der Waals surface area contributed by atoms with Crippen LogP contribution in [0.3, 0.4) is 0 Å². The first kappa shape index (κ1) is 23.3. The molecular weight excluding hydrogens is 471 g/mol. The topological polar surface area (TPSA) is 65.5 Å². The number of hydrogen-bond donors (Lipinski definition) is 3. The Morgan fingerprint density at radius 3 is 2.41 bits per heavy atom. The van der Waals surface area contributed by atoms with Crippen LogP contribution in [-0.4, -0.2) is 38.3 Å². The highest BCUT2D eigenvalue weighted by atomic mass is 127. The third kappa shape index (κ3) is 7.80. The summed E-state index contributed by atoms with van der Waals surface area (Å²) >= 11 is 1.74. The molecule has 0 aromatic heterocycles. The van der Waals surface area contributed by atoms with Crippen molar-refractivity contribution in [1.29, 1.82) is 0 Å². The zero-order valence-electron chi connectivity index (χ0n) is 15.9. The van der Waals surface area contributed by atoms with Gasteiger partial charge < -0.3 is 16.0 Å². The number of thioether (sulfide) groups is 1. The van der Waals surface area contributed by atoms with Crippen molar-refractivity contribution >= 4 is 47.6 Å². The minimum Gasteiger partial charge on any atom is -0.355 e. The van der Waals surface area contributed by atoms with Crippen LogP contribution in [0, 0.1) is 6.92 Å².